The van der Waals surface area contributed by atoms with Crippen molar-refractivity contribution in [1.29, 1.82) is 0 Å². The van der Waals surface area contributed by atoms with Crippen LogP contribution in [0.15, 0.2) is 42.5 Å². The molecule has 2 aromatic rings. The number of hydrogen-bond donors (Lipinski definition) is 1. The van der Waals surface area contributed by atoms with E-state index in [1.807, 2.05) is 30.3 Å². The minimum atomic E-state index is -0.825. The first-order valence-electron chi connectivity index (χ1n) is 9.78. The lowest BCUT2D eigenvalue weighted by Crippen LogP contribution is -2.22. The number of nitro benzene ring substituents is 1. The molecule has 0 heterocycles. The maximum absolute atomic E-state index is 12.0. The van der Waals surface area contributed by atoms with Crippen molar-refractivity contribution < 1.29 is 28.7 Å². The van der Waals surface area contributed by atoms with E-state index in [0.717, 1.165) is 5.56 Å². The molecule has 31 heavy (non-hydrogen) atoms. The number of nitrogens with one attached hydrogen (secondary N) is 1. The van der Waals surface area contributed by atoms with E-state index in [9.17, 15) is 19.7 Å². The van der Waals surface area contributed by atoms with Gasteiger partial charge < -0.3 is 19.5 Å². The molecule has 1 N–H and O–H groups in total. The number of ether oxygens (including phenoxy) is 3. The number of benzene rings is 2. The highest BCUT2D eigenvalue weighted by molar-refractivity contribution is 5.75. The van der Waals surface area contributed by atoms with Gasteiger partial charge in [0.2, 0.25) is 5.91 Å². The van der Waals surface area contributed by atoms with Crippen molar-refractivity contribution in [3.8, 4) is 11.5 Å². The van der Waals surface area contributed by atoms with Crippen LogP contribution in [-0.4, -0.2) is 30.5 Å². The van der Waals surface area contributed by atoms with E-state index in [1.54, 1.807) is 0 Å². The maximum atomic E-state index is 12.0. The van der Waals surface area contributed by atoms with Gasteiger partial charge in [0.05, 0.1) is 30.3 Å². The van der Waals surface area contributed by atoms with Crippen molar-refractivity contribution in [3.63, 3.8) is 0 Å². The van der Waals surface area contributed by atoms with Crippen molar-refractivity contribution >= 4 is 17.6 Å². The summed E-state index contributed by atoms with van der Waals surface area (Å²) >= 11 is 0. The predicted octanol–water partition coefficient (Wildman–Crippen LogP) is 3.70. The molecule has 0 aliphatic rings. The summed E-state index contributed by atoms with van der Waals surface area (Å²) in [7, 11) is 1.41. The normalized spacial score (nSPS) is 11.3. The third-order valence-electron chi connectivity index (χ3n) is 4.43. The Kier molecular flexibility index (Phi) is 8.80. The zero-order chi connectivity index (χ0) is 22.8. The van der Waals surface area contributed by atoms with Gasteiger partial charge >= 0.3 is 5.97 Å². The summed E-state index contributed by atoms with van der Waals surface area (Å²) in [4.78, 5) is 34.1. The second-order valence-electron chi connectivity index (χ2n) is 6.78. The van der Waals surface area contributed by atoms with Gasteiger partial charge in [0.25, 0.3) is 5.69 Å². The smallest absolute Gasteiger partial charge is 0.303 e. The largest absolute Gasteiger partial charge is 0.493 e. The van der Waals surface area contributed by atoms with E-state index in [1.165, 1.54) is 33.1 Å². The van der Waals surface area contributed by atoms with Gasteiger partial charge in [0, 0.05) is 19.9 Å². The fourth-order valence-electron chi connectivity index (χ4n) is 2.93. The lowest BCUT2D eigenvalue weighted by molar-refractivity contribution is -0.386. The third kappa shape index (κ3) is 7.29. The summed E-state index contributed by atoms with van der Waals surface area (Å²) in [6.07, 6.45) is -0.156. The number of nitro groups is 1. The number of carbonyl (C=O) groups excluding carboxylic acids is 2. The molecule has 0 saturated carbocycles. The van der Waals surface area contributed by atoms with E-state index >= 15 is 0 Å². The van der Waals surface area contributed by atoms with Gasteiger partial charge in [-0.25, -0.2) is 0 Å². The summed E-state index contributed by atoms with van der Waals surface area (Å²) in [5.41, 5.74) is 0.960. The zero-order valence-electron chi connectivity index (χ0n) is 17.8. The maximum Gasteiger partial charge on any atom is 0.303 e. The standard InChI is InChI=1S/C22H26N2O7/c1-15(31-16(2)25)18-12-20(29-3)21(13-19(18)24(27)28)30-11-7-10-22(26)23-14-17-8-5-4-6-9-17/h4-6,8-9,12-13,15H,7,10-11,14H2,1-3H3,(H,23,26). The SMILES string of the molecule is COc1cc(C(C)OC(C)=O)c([N+](=O)[O-])cc1OCCCC(=O)NCc1ccccc1. The van der Waals surface area contributed by atoms with E-state index in [-0.39, 0.29) is 41.7 Å². The highest BCUT2D eigenvalue weighted by Crippen LogP contribution is 2.38. The van der Waals surface area contributed by atoms with Crippen LogP contribution < -0.4 is 14.8 Å². The molecular formula is C22H26N2O7. The molecule has 9 nitrogen and oxygen atoms in total. The van der Waals surface area contributed by atoms with Crippen molar-refractivity contribution in [1.82, 2.24) is 5.32 Å². The van der Waals surface area contributed by atoms with Crippen LogP contribution in [0.2, 0.25) is 0 Å². The Morgan fingerprint density at radius 1 is 1.16 bits per heavy atom. The fourth-order valence-corrected chi connectivity index (χ4v) is 2.93. The van der Waals surface area contributed by atoms with E-state index < -0.39 is 17.0 Å². The van der Waals surface area contributed by atoms with Gasteiger partial charge in [-0.05, 0) is 25.0 Å². The molecular weight excluding hydrogens is 404 g/mol. The molecule has 0 bridgehead atoms. The molecule has 2 aromatic carbocycles. The van der Waals surface area contributed by atoms with Gasteiger partial charge in [-0.15, -0.1) is 0 Å². The van der Waals surface area contributed by atoms with Crippen LogP contribution in [0.3, 0.4) is 0 Å². The summed E-state index contributed by atoms with van der Waals surface area (Å²) in [5.74, 6) is -0.214. The molecule has 9 heteroatoms. The fraction of sp³-hybridized carbons (Fsp3) is 0.364. The van der Waals surface area contributed by atoms with E-state index in [4.69, 9.17) is 14.2 Å². The molecule has 0 spiro atoms. The van der Waals surface area contributed by atoms with Crippen molar-refractivity contribution in [2.75, 3.05) is 13.7 Å². The topological polar surface area (TPSA) is 117 Å². The van der Waals surface area contributed by atoms with Gasteiger partial charge in [-0.3, -0.25) is 19.7 Å². The molecule has 1 unspecified atom stereocenters. The second kappa shape index (κ2) is 11.5. The number of hydrogen-bond acceptors (Lipinski definition) is 7. The summed E-state index contributed by atoms with van der Waals surface area (Å²) in [6.45, 7) is 3.39. The van der Waals surface area contributed by atoms with Crippen molar-refractivity contribution in [2.24, 2.45) is 0 Å². The number of amides is 1. The lowest BCUT2D eigenvalue weighted by atomic mass is 10.1. The number of methoxy groups -OCH3 is 1. The molecule has 1 atom stereocenters. The van der Waals surface area contributed by atoms with Crippen molar-refractivity contribution in [3.05, 3.63) is 63.7 Å². The summed E-state index contributed by atoms with van der Waals surface area (Å²) in [5, 5.41) is 14.3. The first kappa shape index (κ1) is 23.7. The molecule has 0 saturated heterocycles. The molecule has 166 valence electrons. The van der Waals surface area contributed by atoms with E-state index in [0.29, 0.717) is 13.0 Å². The Bertz CT molecular complexity index is 916. The van der Waals surface area contributed by atoms with Crippen LogP contribution in [0, 0.1) is 10.1 Å². The Morgan fingerprint density at radius 2 is 1.87 bits per heavy atom. The quantitative estimate of drug-likeness (QED) is 0.250. The summed E-state index contributed by atoms with van der Waals surface area (Å²) in [6, 6.07) is 12.2. The highest BCUT2D eigenvalue weighted by atomic mass is 16.6. The number of carbonyl (C=O) groups is 2. The average Bonchev–Trinajstić information content (AvgIpc) is 2.74. The zero-order valence-corrected chi connectivity index (χ0v) is 17.8. The molecule has 0 radical (unpaired) electrons. The Morgan fingerprint density at radius 3 is 2.48 bits per heavy atom. The van der Waals surface area contributed by atoms with Gasteiger partial charge in [0.1, 0.15) is 6.10 Å². The third-order valence-corrected chi connectivity index (χ3v) is 4.43. The molecule has 0 aliphatic heterocycles. The Hall–Kier alpha value is -3.62. The van der Waals surface area contributed by atoms with E-state index in [2.05, 4.69) is 5.32 Å². The first-order chi connectivity index (χ1) is 14.8. The van der Waals surface area contributed by atoms with Crippen LogP contribution in [0.25, 0.3) is 0 Å². The molecule has 1 amide bonds. The molecule has 0 aliphatic carbocycles. The first-order valence-corrected chi connectivity index (χ1v) is 9.78. The molecule has 2 rings (SSSR count). The van der Waals surface area contributed by atoms with Crippen LogP contribution in [0.5, 0.6) is 11.5 Å². The van der Waals surface area contributed by atoms with Crippen molar-refractivity contribution in [2.45, 2.75) is 39.3 Å². The average molecular weight is 430 g/mol. The minimum Gasteiger partial charge on any atom is -0.493 e. The Balaban J connectivity index is 1.96. The number of esters is 1. The Labute approximate surface area is 180 Å². The minimum absolute atomic E-state index is 0.115. The van der Waals surface area contributed by atoms with Gasteiger partial charge in [-0.1, -0.05) is 30.3 Å². The second-order valence-corrected chi connectivity index (χ2v) is 6.78. The number of nitrogens with zero attached hydrogens (tertiary/aromatic N) is 1. The highest BCUT2D eigenvalue weighted by Gasteiger charge is 2.25. The summed E-state index contributed by atoms with van der Waals surface area (Å²) < 4.78 is 16.0. The molecule has 0 fully saturated rings. The van der Waals surface area contributed by atoms with Crippen LogP contribution >= 0.6 is 0 Å². The molecule has 0 aromatic heterocycles. The van der Waals surface area contributed by atoms with Gasteiger partial charge in [0.15, 0.2) is 11.5 Å². The van der Waals surface area contributed by atoms with Crippen LogP contribution in [0.4, 0.5) is 5.69 Å². The van der Waals surface area contributed by atoms with Crippen LogP contribution in [-0.2, 0) is 20.9 Å². The predicted molar refractivity (Wildman–Crippen MR) is 113 cm³/mol. The van der Waals surface area contributed by atoms with Crippen LogP contribution in [0.1, 0.15) is 43.9 Å². The number of rotatable bonds is 11. The monoisotopic (exact) mass is 430 g/mol. The lowest BCUT2D eigenvalue weighted by Gasteiger charge is -2.16. The van der Waals surface area contributed by atoms with Gasteiger partial charge in [-0.2, -0.15) is 0 Å².